The SMILES string of the molecule is COC(=O)CC[C@@H](C)[C@H]1CC[C@H]2[C@@H]3C(=O)[C@@H](F)[C@@H]4C[C@H](O)CC[C@]4(C)[C@H]3CC[C@]12C. The number of hydrogen-bond acceptors (Lipinski definition) is 4. The Morgan fingerprint density at radius 2 is 1.80 bits per heavy atom. The second kappa shape index (κ2) is 7.86. The summed E-state index contributed by atoms with van der Waals surface area (Å²) in [5, 5.41) is 10.1. The van der Waals surface area contributed by atoms with Gasteiger partial charge in [-0.1, -0.05) is 20.8 Å². The Morgan fingerprint density at radius 3 is 2.50 bits per heavy atom. The van der Waals surface area contributed by atoms with Crippen molar-refractivity contribution < 1.29 is 23.8 Å². The van der Waals surface area contributed by atoms with Gasteiger partial charge in [0, 0.05) is 18.3 Å². The molecular formula is C25H39FO4. The molecule has 170 valence electrons. The van der Waals surface area contributed by atoms with Crippen molar-refractivity contribution in [3.63, 3.8) is 0 Å². The van der Waals surface area contributed by atoms with Gasteiger partial charge in [-0.05, 0) is 85.9 Å². The molecule has 0 aromatic heterocycles. The quantitative estimate of drug-likeness (QED) is 0.666. The molecule has 0 spiro atoms. The highest BCUT2D eigenvalue weighted by atomic mass is 19.1. The van der Waals surface area contributed by atoms with Crippen molar-refractivity contribution in [2.45, 2.75) is 90.8 Å². The number of ether oxygens (including phenoxy) is 1. The molecule has 4 rings (SSSR count). The zero-order valence-corrected chi connectivity index (χ0v) is 19.0. The van der Waals surface area contributed by atoms with Gasteiger partial charge in [-0.3, -0.25) is 9.59 Å². The third kappa shape index (κ3) is 3.25. The molecule has 0 heterocycles. The lowest BCUT2D eigenvalue weighted by Crippen LogP contribution is -2.61. The van der Waals surface area contributed by atoms with E-state index in [2.05, 4.69) is 20.8 Å². The van der Waals surface area contributed by atoms with Gasteiger partial charge in [0.2, 0.25) is 0 Å². The van der Waals surface area contributed by atoms with E-state index in [9.17, 15) is 14.7 Å². The average molecular weight is 423 g/mol. The van der Waals surface area contributed by atoms with E-state index in [1.54, 1.807) is 0 Å². The fourth-order valence-corrected chi connectivity index (χ4v) is 8.54. The molecule has 0 radical (unpaired) electrons. The first kappa shape index (κ1) is 22.2. The first-order valence-electron chi connectivity index (χ1n) is 12.1. The number of aliphatic hydroxyl groups is 1. The molecule has 5 heteroatoms. The maximum absolute atomic E-state index is 15.5. The van der Waals surface area contributed by atoms with Crippen LogP contribution in [0.2, 0.25) is 0 Å². The van der Waals surface area contributed by atoms with Gasteiger partial charge in [-0.15, -0.1) is 0 Å². The number of esters is 1. The molecule has 4 fully saturated rings. The summed E-state index contributed by atoms with van der Waals surface area (Å²) < 4.78 is 20.3. The summed E-state index contributed by atoms with van der Waals surface area (Å²) in [4.78, 5) is 25.0. The lowest BCUT2D eigenvalue weighted by Gasteiger charge is -2.61. The van der Waals surface area contributed by atoms with Gasteiger partial charge < -0.3 is 9.84 Å². The van der Waals surface area contributed by atoms with Crippen molar-refractivity contribution >= 4 is 11.8 Å². The Labute approximate surface area is 180 Å². The smallest absolute Gasteiger partial charge is 0.305 e. The highest BCUT2D eigenvalue weighted by Gasteiger charge is 2.65. The summed E-state index contributed by atoms with van der Waals surface area (Å²) in [5.41, 5.74) is -0.128. The molecule has 10 atom stereocenters. The number of hydrogen-bond donors (Lipinski definition) is 1. The van der Waals surface area contributed by atoms with E-state index in [0.29, 0.717) is 24.7 Å². The Kier molecular flexibility index (Phi) is 5.83. The van der Waals surface area contributed by atoms with Gasteiger partial charge in [0.1, 0.15) is 0 Å². The molecule has 4 aliphatic carbocycles. The molecule has 0 aromatic carbocycles. The van der Waals surface area contributed by atoms with E-state index in [0.717, 1.165) is 44.9 Å². The fraction of sp³-hybridized carbons (Fsp3) is 0.920. The predicted octanol–water partition coefficient (Wildman–Crippen LogP) is 4.72. The van der Waals surface area contributed by atoms with Crippen LogP contribution in [-0.2, 0) is 14.3 Å². The van der Waals surface area contributed by atoms with Gasteiger partial charge in [0.25, 0.3) is 0 Å². The Morgan fingerprint density at radius 1 is 1.13 bits per heavy atom. The van der Waals surface area contributed by atoms with Crippen LogP contribution in [0.3, 0.4) is 0 Å². The molecule has 0 saturated heterocycles. The van der Waals surface area contributed by atoms with Crippen LogP contribution >= 0.6 is 0 Å². The maximum Gasteiger partial charge on any atom is 0.305 e. The predicted molar refractivity (Wildman–Crippen MR) is 112 cm³/mol. The van der Waals surface area contributed by atoms with Gasteiger partial charge in [0.15, 0.2) is 12.0 Å². The highest BCUT2D eigenvalue weighted by molar-refractivity contribution is 5.87. The topological polar surface area (TPSA) is 63.6 Å². The van der Waals surface area contributed by atoms with Crippen LogP contribution < -0.4 is 0 Å². The van der Waals surface area contributed by atoms with Crippen LogP contribution in [0, 0.1) is 46.3 Å². The van der Waals surface area contributed by atoms with Crippen molar-refractivity contribution in [3.8, 4) is 0 Å². The van der Waals surface area contributed by atoms with E-state index in [4.69, 9.17) is 4.74 Å². The Balaban J connectivity index is 1.57. The number of Topliss-reactive ketones (excluding diaryl/α,β-unsaturated/α-hetero) is 1. The number of ketones is 1. The minimum absolute atomic E-state index is 0.0451. The van der Waals surface area contributed by atoms with Crippen molar-refractivity contribution in [2.75, 3.05) is 7.11 Å². The molecule has 30 heavy (non-hydrogen) atoms. The van der Waals surface area contributed by atoms with Crippen LogP contribution in [0.15, 0.2) is 0 Å². The largest absolute Gasteiger partial charge is 0.469 e. The fourth-order valence-electron chi connectivity index (χ4n) is 8.54. The van der Waals surface area contributed by atoms with E-state index >= 15 is 4.39 Å². The monoisotopic (exact) mass is 422 g/mol. The first-order valence-corrected chi connectivity index (χ1v) is 12.1. The molecule has 0 aromatic rings. The number of halogens is 1. The third-order valence-electron chi connectivity index (χ3n) is 10.3. The summed E-state index contributed by atoms with van der Waals surface area (Å²) in [5.74, 6) is 0.528. The van der Waals surface area contributed by atoms with Crippen LogP contribution in [0.5, 0.6) is 0 Å². The van der Waals surface area contributed by atoms with Crippen molar-refractivity contribution in [1.29, 1.82) is 0 Å². The van der Waals surface area contributed by atoms with E-state index in [-0.39, 0.29) is 46.3 Å². The minimum Gasteiger partial charge on any atom is -0.469 e. The van der Waals surface area contributed by atoms with Gasteiger partial charge >= 0.3 is 5.97 Å². The molecule has 0 amide bonds. The standard InChI is InChI=1S/C25H39FO4/c1-14(5-8-20(28)30-4)16-6-7-17-21-18(10-12-24(16,17)2)25(3)11-9-15(27)13-19(25)22(26)23(21)29/h14-19,21-22,27H,5-13H2,1-4H3/t14-,15-,16-,17+,18+,19+,21+,22+,24-,25-/m1/s1. The molecule has 1 N–H and O–H groups in total. The highest BCUT2D eigenvalue weighted by Crippen LogP contribution is 2.67. The van der Waals surface area contributed by atoms with Crippen LogP contribution in [0.25, 0.3) is 0 Å². The van der Waals surface area contributed by atoms with Crippen LogP contribution in [0.1, 0.15) is 78.6 Å². The number of methoxy groups -OCH3 is 1. The molecule has 4 saturated carbocycles. The van der Waals surface area contributed by atoms with Gasteiger partial charge in [0.05, 0.1) is 13.2 Å². The van der Waals surface area contributed by atoms with Crippen LogP contribution in [0.4, 0.5) is 4.39 Å². The van der Waals surface area contributed by atoms with E-state index in [1.165, 1.54) is 7.11 Å². The van der Waals surface area contributed by atoms with Crippen LogP contribution in [-0.4, -0.2) is 36.2 Å². The molecule has 0 bridgehead atoms. The second-order valence-corrected chi connectivity index (χ2v) is 11.4. The summed E-state index contributed by atoms with van der Waals surface area (Å²) in [6, 6.07) is 0. The normalized spacial score (nSPS) is 49.0. The number of rotatable bonds is 4. The molecule has 0 unspecified atom stereocenters. The molecule has 0 aliphatic heterocycles. The zero-order valence-electron chi connectivity index (χ0n) is 19.0. The average Bonchev–Trinajstić information content (AvgIpc) is 3.08. The lowest BCUT2D eigenvalue weighted by molar-refractivity contribution is -0.175. The second-order valence-electron chi connectivity index (χ2n) is 11.4. The van der Waals surface area contributed by atoms with Crippen molar-refractivity contribution in [1.82, 2.24) is 0 Å². The lowest BCUT2D eigenvalue weighted by atomic mass is 9.43. The maximum atomic E-state index is 15.5. The number of aliphatic hydroxyl groups excluding tert-OH is 1. The number of fused-ring (bicyclic) bond motifs is 5. The summed E-state index contributed by atoms with van der Waals surface area (Å²) in [7, 11) is 1.43. The number of alkyl halides is 1. The molecule has 4 aliphatic rings. The Bertz CT molecular complexity index is 695. The zero-order chi connectivity index (χ0) is 21.8. The van der Waals surface area contributed by atoms with Crippen molar-refractivity contribution in [3.05, 3.63) is 0 Å². The van der Waals surface area contributed by atoms with E-state index in [1.807, 2.05) is 0 Å². The van der Waals surface area contributed by atoms with Crippen molar-refractivity contribution in [2.24, 2.45) is 46.3 Å². The molecular weight excluding hydrogens is 383 g/mol. The minimum atomic E-state index is -1.43. The number of carbonyl (C=O) groups is 2. The van der Waals surface area contributed by atoms with Gasteiger partial charge in [-0.2, -0.15) is 0 Å². The summed E-state index contributed by atoms with van der Waals surface area (Å²) >= 11 is 0. The third-order valence-corrected chi connectivity index (χ3v) is 10.3. The Hall–Kier alpha value is -0.970. The van der Waals surface area contributed by atoms with Gasteiger partial charge in [-0.25, -0.2) is 4.39 Å². The van der Waals surface area contributed by atoms with E-state index < -0.39 is 12.3 Å². The summed E-state index contributed by atoms with van der Waals surface area (Å²) in [6.07, 6.45) is 5.47. The molecule has 4 nitrogen and oxygen atoms in total. The number of carbonyl (C=O) groups excluding carboxylic acids is 2. The first-order chi connectivity index (χ1) is 14.1. The summed E-state index contributed by atoms with van der Waals surface area (Å²) in [6.45, 7) is 6.77.